The van der Waals surface area contributed by atoms with Gasteiger partial charge in [0.05, 0.1) is 6.54 Å². The predicted octanol–water partition coefficient (Wildman–Crippen LogP) is 3.58. The van der Waals surface area contributed by atoms with Crippen LogP contribution in [0.15, 0.2) is 46.9 Å². The van der Waals surface area contributed by atoms with Gasteiger partial charge in [0.1, 0.15) is 5.52 Å². The molecule has 1 aromatic heterocycles. The SMILES string of the molecule is Cc1cc(C)cc(C(=O)NCC(=O)N2CCC(c3nc4ccccc4o3)CC2)c1. The highest BCUT2D eigenvalue weighted by molar-refractivity contribution is 5.96. The van der Waals surface area contributed by atoms with Gasteiger partial charge in [-0.3, -0.25) is 9.59 Å². The highest BCUT2D eigenvalue weighted by Crippen LogP contribution is 2.29. The Kier molecular flexibility index (Phi) is 5.34. The van der Waals surface area contributed by atoms with E-state index in [-0.39, 0.29) is 24.3 Å². The second-order valence-electron chi connectivity index (χ2n) is 7.73. The number of para-hydroxylation sites is 2. The lowest BCUT2D eigenvalue weighted by Crippen LogP contribution is -2.43. The number of carbonyl (C=O) groups excluding carboxylic acids is 2. The van der Waals surface area contributed by atoms with Crippen molar-refractivity contribution in [2.45, 2.75) is 32.6 Å². The van der Waals surface area contributed by atoms with Gasteiger partial charge in [0.25, 0.3) is 5.91 Å². The Bertz CT molecular complexity index is 995. The molecule has 150 valence electrons. The van der Waals surface area contributed by atoms with E-state index < -0.39 is 0 Å². The molecule has 0 aliphatic carbocycles. The van der Waals surface area contributed by atoms with Crippen LogP contribution in [0.3, 0.4) is 0 Å². The summed E-state index contributed by atoms with van der Waals surface area (Å²) in [5.74, 6) is 0.697. The summed E-state index contributed by atoms with van der Waals surface area (Å²) in [4.78, 5) is 31.3. The van der Waals surface area contributed by atoms with E-state index in [2.05, 4.69) is 10.3 Å². The van der Waals surface area contributed by atoms with Gasteiger partial charge in [-0.05, 0) is 51.0 Å². The summed E-state index contributed by atoms with van der Waals surface area (Å²) in [6.07, 6.45) is 1.62. The summed E-state index contributed by atoms with van der Waals surface area (Å²) in [6, 6.07) is 13.4. The molecule has 1 N–H and O–H groups in total. The Balaban J connectivity index is 1.30. The van der Waals surface area contributed by atoms with Gasteiger partial charge in [0, 0.05) is 24.6 Å². The number of aryl methyl sites for hydroxylation is 2. The number of amides is 2. The fraction of sp³-hybridized carbons (Fsp3) is 0.348. The van der Waals surface area contributed by atoms with E-state index in [4.69, 9.17) is 4.42 Å². The number of oxazole rings is 1. The molecule has 2 amide bonds. The summed E-state index contributed by atoms with van der Waals surface area (Å²) in [5.41, 5.74) is 4.32. The number of fused-ring (bicyclic) bond motifs is 1. The molecule has 2 heterocycles. The standard InChI is InChI=1S/C23H25N3O3/c1-15-11-16(2)13-18(12-15)22(28)24-14-21(27)26-9-7-17(8-10-26)23-25-19-5-3-4-6-20(19)29-23/h3-6,11-13,17H,7-10,14H2,1-2H3,(H,24,28). The highest BCUT2D eigenvalue weighted by atomic mass is 16.3. The third-order valence-corrected chi connectivity index (χ3v) is 5.39. The Labute approximate surface area is 169 Å². The molecule has 2 aromatic carbocycles. The van der Waals surface area contributed by atoms with E-state index in [0.717, 1.165) is 41.0 Å². The fourth-order valence-corrected chi connectivity index (χ4v) is 3.92. The lowest BCUT2D eigenvalue weighted by atomic mass is 9.97. The molecule has 1 saturated heterocycles. The molecule has 1 aliphatic rings. The van der Waals surface area contributed by atoms with Gasteiger partial charge in [0.2, 0.25) is 5.91 Å². The molecule has 1 fully saturated rings. The maximum atomic E-state index is 12.5. The van der Waals surface area contributed by atoms with Crippen LogP contribution in [0.4, 0.5) is 0 Å². The van der Waals surface area contributed by atoms with Crippen molar-refractivity contribution >= 4 is 22.9 Å². The number of benzene rings is 2. The number of nitrogens with one attached hydrogen (secondary N) is 1. The van der Waals surface area contributed by atoms with Gasteiger partial charge in [0.15, 0.2) is 11.5 Å². The van der Waals surface area contributed by atoms with Gasteiger partial charge < -0.3 is 14.6 Å². The Morgan fingerprint density at radius 1 is 1.10 bits per heavy atom. The zero-order valence-corrected chi connectivity index (χ0v) is 16.8. The summed E-state index contributed by atoms with van der Waals surface area (Å²) in [7, 11) is 0. The van der Waals surface area contributed by atoms with E-state index in [0.29, 0.717) is 18.7 Å². The predicted molar refractivity (Wildman–Crippen MR) is 111 cm³/mol. The molecule has 6 nitrogen and oxygen atoms in total. The van der Waals surface area contributed by atoms with E-state index >= 15 is 0 Å². The summed E-state index contributed by atoms with van der Waals surface area (Å²) in [6.45, 7) is 5.20. The number of piperidine rings is 1. The van der Waals surface area contributed by atoms with Crippen molar-refractivity contribution in [2.75, 3.05) is 19.6 Å². The van der Waals surface area contributed by atoms with Crippen molar-refractivity contribution in [2.24, 2.45) is 0 Å². The summed E-state index contributed by atoms with van der Waals surface area (Å²) < 4.78 is 5.88. The molecular formula is C23H25N3O3. The van der Waals surface area contributed by atoms with Crippen LogP contribution in [-0.4, -0.2) is 41.3 Å². The van der Waals surface area contributed by atoms with E-state index in [9.17, 15) is 9.59 Å². The van der Waals surface area contributed by atoms with Gasteiger partial charge >= 0.3 is 0 Å². The average Bonchev–Trinajstić information content (AvgIpc) is 3.15. The zero-order chi connectivity index (χ0) is 20.4. The first-order chi connectivity index (χ1) is 14.0. The molecule has 0 unspecified atom stereocenters. The van der Waals surface area contributed by atoms with Gasteiger partial charge in [-0.25, -0.2) is 4.98 Å². The van der Waals surface area contributed by atoms with Crippen molar-refractivity contribution in [3.63, 3.8) is 0 Å². The number of likely N-dealkylation sites (tertiary alicyclic amines) is 1. The molecule has 0 bridgehead atoms. The molecule has 3 aromatic rings. The van der Waals surface area contributed by atoms with Gasteiger partial charge in [-0.15, -0.1) is 0 Å². The van der Waals surface area contributed by atoms with Crippen LogP contribution in [-0.2, 0) is 4.79 Å². The minimum atomic E-state index is -0.216. The van der Waals surface area contributed by atoms with Crippen molar-refractivity contribution in [3.8, 4) is 0 Å². The van der Waals surface area contributed by atoms with Crippen LogP contribution < -0.4 is 5.32 Å². The van der Waals surface area contributed by atoms with Gasteiger partial charge in [-0.2, -0.15) is 0 Å². The number of hydrogen-bond donors (Lipinski definition) is 1. The molecule has 0 spiro atoms. The minimum Gasteiger partial charge on any atom is -0.440 e. The molecule has 29 heavy (non-hydrogen) atoms. The first-order valence-corrected chi connectivity index (χ1v) is 9.99. The number of hydrogen-bond acceptors (Lipinski definition) is 4. The van der Waals surface area contributed by atoms with E-state index in [1.54, 1.807) is 4.90 Å². The van der Waals surface area contributed by atoms with Crippen LogP contribution in [0.2, 0.25) is 0 Å². The lowest BCUT2D eigenvalue weighted by Gasteiger charge is -2.30. The van der Waals surface area contributed by atoms with Crippen LogP contribution in [0.1, 0.15) is 46.1 Å². The minimum absolute atomic E-state index is 0.0133. The number of nitrogens with zero attached hydrogens (tertiary/aromatic N) is 2. The first kappa shape index (κ1) is 19.2. The quantitative estimate of drug-likeness (QED) is 0.738. The van der Waals surface area contributed by atoms with Crippen molar-refractivity contribution < 1.29 is 14.0 Å². The lowest BCUT2D eigenvalue weighted by molar-refractivity contribution is -0.131. The van der Waals surface area contributed by atoms with Crippen LogP contribution in [0.25, 0.3) is 11.1 Å². The topological polar surface area (TPSA) is 75.4 Å². The molecule has 4 rings (SSSR count). The van der Waals surface area contributed by atoms with Crippen molar-refractivity contribution in [1.82, 2.24) is 15.2 Å². The Hall–Kier alpha value is -3.15. The normalized spacial score (nSPS) is 14.9. The van der Waals surface area contributed by atoms with E-state index in [1.807, 2.05) is 56.3 Å². The number of rotatable bonds is 4. The van der Waals surface area contributed by atoms with Crippen molar-refractivity contribution in [1.29, 1.82) is 0 Å². The third kappa shape index (κ3) is 4.31. The van der Waals surface area contributed by atoms with Crippen molar-refractivity contribution in [3.05, 3.63) is 65.0 Å². The van der Waals surface area contributed by atoms with Crippen LogP contribution in [0.5, 0.6) is 0 Å². The third-order valence-electron chi connectivity index (χ3n) is 5.39. The fourth-order valence-electron chi connectivity index (χ4n) is 3.92. The maximum Gasteiger partial charge on any atom is 0.251 e. The number of aromatic nitrogens is 1. The first-order valence-electron chi connectivity index (χ1n) is 9.99. The van der Waals surface area contributed by atoms with E-state index in [1.165, 1.54) is 0 Å². The van der Waals surface area contributed by atoms with Crippen LogP contribution in [0, 0.1) is 13.8 Å². The molecular weight excluding hydrogens is 366 g/mol. The van der Waals surface area contributed by atoms with Gasteiger partial charge in [-0.1, -0.05) is 29.3 Å². The zero-order valence-electron chi connectivity index (χ0n) is 16.8. The second kappa shape index (κ2) is 8.07. The summed E-state index contributed by atoms with van der Waals surface area (Å²) >= 11 is 0. The maximum absolute atomic E-state index is 12.5. The molecule has 0 radical (unpaired) electrons. The highest BCUT2D eigenvalue weighted by Gasteiger charge is 2.27. The molecule has 1 aliphatic heterocycles. The Morgan fingerprint density at radius 3 is 2.48 bits per heavy atom. The molecule has 0 saturated carbocycles. The summed E-state index contributed by atoms with van der Waals surface area (Å²) in [5, 5.41) is 2.75. The molecule has 6 heteroatoms. The average molecular weight is 391 g/mol. The largest absolute Gasteiger partial charge is 0.440 e. The smallest absolute Gasteiger partial charge is 0.251 e. The molecule has 0 atom stereocenters. The monoisotopic (exact) mass is 391 g/mol. The number of carbonyl (C=O) groups is 2. The second-order valence-corrected chi connectivity index (χ2v) is 7.73. The Morgan fingerprint density at radius 2 is 1.79 bits per heavy atom. The van der Waals surface area contributed by atoms with Crippen LogP contribution >= 0.6 is 0 Å².